The molecule has 0 aromatic heterocycles. The topological polar surface area (TPSA) is 0 Å². The lowest BCUT2D eigenvalue weighted by Crippen LogP contribution is -1.98. The van der Waals surface area contributed by atoms with Crippen LogP contribution in [0.1, 0.15) is 66.8 Å². The molecule has 14 rings (SSSR count). The van der Waals surface area contributed by atoms with Crippen molar-refractivity contribution < 1.29 is 0 Å². The molecule has 14 aromatic carbocycles. The molecule has 14 aromatic rings. The number of hydrogen-bond acceptors (Lipinski definition) is 0. The second-order valence-corrected chi connectivity index (χ2v) is 22.6. The minimum Gasteiger partial charge on any atom is -0.0622 e. The van der Waals surface area contributed by atoms with Crippen LogP contribution < -0.4 is 0 Å². The summed E-state index contributed by atoms with van der Waals surface area (Å²) in [6.45, 7) is 0. The zero-order valence-corrected chi connectivity index (χ0v) is 50.0. The van der Waals surface area contributed by atoms with Gasteiger partial charge in [-0.1, -0.05) is 388 Å². The van der Waals surface area contributed by atoms with E-state index >= 15 is 0 Å². The van der Waals surface area contributed by atoms with Gasteiger partial charge in [0.2, 0.25) is 0 Å². The van der Waals surface area contributed by atoms with E-state index in [9.17, 15) is 0 Å². The number of benzene rings is 14. The van der Waals surface area contributed by atoms with Gasteiger partial charge in [0.05, 0.1) is 0 Å². The van der Waals surface area contributed by atoms with E-state index in [0.29, 0.717) is 0 Å². The van der Waals surface area contributed by atoms with Crippen molar-refractivity contribution >= 4 is 33.4 Å². The molecular formula is C90H64. The molecule has 0 N–H and O–H groups in total. The fourth-order valence-corrected chi connectivity index (χ4v) is 12.6. The molecule has 0 spiro atoms. The summed E-state index contributed by atoms with van der Waals surface area (Å²) in [6, 6.07) is 141. The summed E-state index contributed by atoms with van der Waals surface area (Å²) in [6.07, 6.45) is 0. The Hall–Kier alpha value is -11.7. The largest absolute Gasteiger partial charge is 0.0622 e. The first-order chi connectivity index (χ1) is 44.7. The molecule has 0 saturated heterocycles. The van der Waals surface area contributed by atoms with Crippen molar-refractivity contribution in [3.8, 4) is 44.5 Å². The van der Waals surface area contributed by atoms with Crippen molar-refractivity contribution in [1.82, 2.24) is 0 Å². The third-order valence-corrected chi connectivity index (χ3v) is 17.0. The fourth-order valence-electron chi connectivity index (χ4n) is 12.6. The van der Waals surface area contributed by atoms with E-state index in [1.807, 2.05) is 0 Å². The van der Waals surface area contributed by atoms with Crippen LogP contribution in [-0.4, -0.2) is 0 Å². The van der Waals surface area contributed by atoms with Crippen LogP contribution in [0.15, 0.2) is 388 Å². The van der Waals surface area contributed by atoms with E-state index < -0.39 is 0 Å². The molecule has 0 aliphatic heterocycles. The van der Waals surface area contributed by atoms with E-state index in [2.05, 4.69) is 388 Å². The highest BCUT2D eigenvalue weighted by atomic mass is 14.2. The molecular weight excluding hydrogens is 1080 g/mol. The lowest BCUT2D eigenvalue weighted by atomic mass is 9.84. The Morgan fingerprint density at radius 1 is 0.0889 bits per heavy atom. The Labute approximate surface area is 529 Å². The van der Waals surface area contributed by atoms with E-state index in [1.165, 1.54) is 89.1 Å². The van der Waals surface area contributed by atoms with Gasteiger partial charge in [-0.3, -0.25) is 0 Å². The first kappa shape index (κ1) is 56.1. The third-order valence-electron chi connectivity index (χ3n) is 17.0. The van der Waals surface area contributed by atoms with Crippen LogP contribution >= 0.6 is 0 Å². The molecule has 0 aliphatic carbocycles. The first-order valence-corrected chi connectivity index (χ1v) is 31.0. The molecule has 0 bridgehead atoms. The van der Waals surface area contributed by atoms with Gasteiger partial charge in [-0.25, -0.2) is 0 Å². The molecule has 0 saturated carbocycles. The van der Waals surface area contributed by atoms with Crippen molar-refractivity contribution in [3.63, 3.8) is 0 Å². The van der Waals surface area contributed by atoms with Crippen molar-refractivity contribution in [2.45, 2.75) is 0 Å². The Morgan fingerprint density at radius 3 is 0.322 bits per heavy atom. The van der Waals surface area contributed by atoms with Crippen LogP contribution in [0.5, 0.6) is 0 Å². The number of hydrogen-bond donors (Lipinski definition) is 0. The minimum atomic E-state index is 1.14. The van der Waals surface area contributed by atoms with Crippen LogP contribution in [-0.2, 0) is 0 Å². The van der Waals surface area contributed by atoms with Gasteiger partial charge >= 0.3 is 0 Å². The van der Waals surface area contributed by atoms with E-state index in [-0.39, 0.29) is 0 Å². The average Bonchev–Trinajstić information content (AvgIpc) is 1.31. The standard InChI is InChI=1S/C90H64/c1-9-25-65(26-10-1)67-41-53-79(54-42-67)85(73-29-13-3-14-30-73)87(75-33-17-5-18-34-75)81-57-45-69(46-58-81)71-49-61-83(62-50-71)89(77-37-21-7-22-38-77)90(78-39-23-8-24-40-78)84-63-51-72(52-64-84)70-47-59-82(60-48-70)88(76-35-19-6-20-36-76)86(74-31-15-4-16-32-74)80-55-43-68(44-56-80)66-27-11-2-12-28-66/h1-64H/b87-85+,88-86+,90-89+. The summed E-state index contributed by atoms with van der Waals surface area (Å²) in [4.78, 5) is 0. The summed E-state index contributed by atoms with van der Waals surface area (Å²) in [5.74, 6) is 0. The fraction of sp³-hybridized carbons (Fsp3) is 0. The molecule has 0 amide bonds. The van der Waals surface area contributed by atoms with Crippen LogP contribution in [0.4, 0.5) is 0 Å². The number of rotatable bonds is 16. The molecule has 0 atom stereocenters. The Kier molecular flexibility index (Phi) is 16.5. The van der Waals surface area contributed by atoms with E-state index in [4.69, 9.17) is 0 Å². The van der Waals surface area contributed by atoms with Gasteiger partial charge in [-0.2, -0.15) is 0 Å². The minimum absolute atomic E-state index is 1.14. The molecule has 0 radical (unpaired) electrons. The zero-order valence-electron chi connectivity index (χ0n) is 50.0. The van der Waals surface area contributed by atoms with Crippen molar-refractivity contribution in [1.29, 1.82) is 0 Å². The molecule has 0 nitrogen and oxygen atoms in total. The summed E-state index contributed by atoms with van der Waals surface area (Å²) in [5.41, 5.74) is 30.4. The van der Waals surface area contributed by atoms with Crippen LogP contribution in [0.25, 0.3) is 77.9 Å². The quantitative estimate of drug-likeness (QED) is 0.0846. The van der Waals surface area contributed by atoms with Crippen LogP contribution in [0.3, 0.4) is 0 Å². The Morgan fingerprint density at radius 2 is 0.189 bits per heavy atom. The van der Waals surface area contributed by atoms with Gasteiger partial charge < -0.3 is 0 Å². The Bertz CT molecular complexity index is 4430. The van der Waals surface area contributed by atoms with Gasteiger partial charge in [-0.05, 0) is 145 Å². The van der Waals surface area contributed by atoms with Crippen molar-refractivity contribution in [2.75, 3.05) is 0 Å². The second-order valence-electron chi connectivity index (χ2n) is 22.6. The predicted molar refractivity (Wildman–Crippen MR) is 381 cm³/mol. The van der Waals surface area contributed by atoms with Gasteiger partial charge in [0.25, 0.3) is 0 Å². The van der Waals surface area contributed by atoms with Gasteiger partial charge in [-0.15, -0.1) is 0 Å². The summed E-state index contributed by atoms with van der Waals surface area (Å²) in [5, 5.41) is 0. The lowest BCUT2D eigenvalue weighted by Gasteiger charge is -2.19. The summed E-state index contributed by atoms with van der Waals surface area (Å²) < 4.78 is 0. The maximum Gasteiger partial charge on any atom is -0.00268 e. The SMILES string of the molecule is c1ccc(/C(=C(/c2ccccc2)c2ccc(-c3ccc(/C(=C(\c4ccccc4)c4ccc(-c5ccc(/C(=C(\c6ccccc6)c6ccc(-c7ccccc7)cc6)c6ccccc6)cc5)cc4)c4ccccc4)cc3)cc2)c2ccc(-c3ccccc3)cc2)cc1. The van der Waals surface area contributed by atoms with Crippen LogP contribution in [0.2, 0.25) is 0 Å². The highest BCUT2D eigenvalue weighted by Gasteiger charge is 2.21. The molecule has 0 fully saturated rings. The third kappa shape index (κ3) is 12.2. The van der Waals surface area contributed by atoms with Gasteiger partial charge in [0.15, 0.2) is 0 Å². The maximum absolute atomic E-state index is 2.30. The van der Waals surface area contributed by atoms with E-state index in [1.54, 1.807) is 0 Å². The lowest BCUT2D eigenvalue weighted by molar-refractivity contribution is 1.48. The Balaban J connectivity index is 0.812. The molecule has 424 valence electrons. The van der Waals surface area contributed by atoms with Crippen molar-refractivity contribution in [2.24, 2.45) is 0 Å². The summed E-state index contributed by atoms with van der Waals surface area (Å²) >= 11 is 0. The maximum atomic E-state index is 2.30. The second kappa shape index (κ2) is 26.5. The molecule has 0 aliphatic rings. The molecule has 0 heteroatoms. The smallest absolute Gasteiger partial charge is 0.00268 e. The normalized spacial score (nSPS) is 12.1. The monoisotopic (exact) mass is 1140 g/mol. The average molecular weight is 1150 g/mol. The van der Waals surface area contributed by atoms with E-state index in [0.717, 1.165) is 55.6 Å². The highest BCUT2D eigenvalue weighted by Crippen LogP contribution is 2.43. The molecule has 90 heavy (non-hydrogen) atoms. The highest BCUT2D eigenvalue weighted by molar-refractivity contribution is 6.07. The molecule has 0 unspecified atom stereocenters. The zero-order chi connectivity index (χ0) is 60.3. The van der Waals surface area contributed by atoms with Crippen LogP contribution in [0, 0.1) is 0 Å². The first-order valence-electron chi connectivity index (χ1n) is 31.0. The van der Waals surface area contributed by atoms with Gasteiger partial charge in [0, 0.05) is 0 Å². The van der Waals surface area contributed by atoms with Crippen molar-refractivity contribution in [3.05, 3.63) is 455 Å². The molecule has 0 heterocycles. The predicted octanol–water partition coefficient (Wildman–Crippen LogP) is 23.4. The summed E-state index contributed by atoms with van der Waals surface area (Å²) in [7, 11) is 0. The van der Waals surface area contributed by atoms with Gasteiger partial charge in [0.1, 0.15) is 0 Å².